The lowest BCUT2D eigenvalue weighted by Crippen LogP contribution is -2.10. The van der Waals surface area contributed by atoms with Gasteiger partial charge in [-0.3, -0.25) is 0 Å². The fourth-order valence-corrected chi connectivity index (χ4v) is 1.52. The second-order valence-corrected chi connectivity index (χ2v) is 4.10. The minimum Gasteiger partial charge on any atom is -0.456 e. The SMILES string of the molecule is Cc1cccc(Oc2ccc(C(N)=S)nc2)c1. The summed E-state index contributed by atoms with van der Waals surface area (Å²) in [5, 5.41) is 0. The van der Waals surface area contributed by atoms with Crippen molar-refractivity contribution in [3.63, 3.8) is 0 Å². The van der Waals surface area contributed by atoms with E-state index in [4.69, 9.17) is 22.7 Å². The zero-order valence-corrected chi connectivity index (χ0v) is 10.2. The van der Waals surface area contributed by atoms with Gasteiger partial charge in [-0.15, -0.1) is 0 Å². The van der Waals surface area contributed by atoms with Crippen molar-refractivity contribution in [3.8, 4) is 11.5 Å². The maximum absolute atomic E-state index is 5.65. The van der Waals surface area contributed by atoms with Gasteiger partial charge in [0.25, 0.3) is 0 Å². The van der Waals surface area contributed by atoms with E-state index in [1.165, 1.54) is 0 Å². The predicted octanol–water partition coefficient (Wildman–Crippen LogP) is 2.82. The summed E-state index contributed by atoms with van der Waals surface area (Å²) in [4.78, 5) is 4.39. The molecule has 0 aliphatic rings. The molecule has 0 aliphatic carbocycles. The van der Waals surface area contributed by atoms with Crippen molar-refractivity contribution in [1.29, 1.82) is 0 Å². The number of thiocarbonyl (C=S) groups is 1. The van der Waals surface area contributed by atoms with E-state index in [9.17, 15) is 0 Å². The highest BCUT2D eigenvalue weighted by Gasteiger charge is 2.00. The van der Waals surface area contributed by atoms with Crippen LogP contribution in [0.4, 0.5) is 0 Å². The van der Waals surface area contributed by atoms with Crippen LogP contribution in [-0.4, -0.2) is 9.97 Å². The summed E-state index contributed by atoms with van der Waals surface area (Å²) in [5.41, 5.74) is 7.21. The quantitative estimate of drug-likeness (QED) is 0.843. The zero-order chi connectivity index (χ0) is 12.3. The van der Waals surface area contributed by atoms with E-state index < -0.39 is 0 Å². The smallest absolute Gasteiger partial charge is 0.145 e. The lowest BCUT2D eigenvalue weighted by Gasteiger charge is -2.06. The monoisotopic (exact) mass is 244 g/mol. The van der Waals surface area contributed by atoms with Crippen molar-refractivity contribution in [2.45, 2.75) is 6.92 Å². The fourth-order valence-electron chi connectivity index (χ4n) is 1.40. The second-order valence-electron chi connectivity index (χ2n) is 3.66. The van der Waals surface area contributed by atoms with Gasteiger partial charge in [-0.05, 0) is 36.8 Å². The average molecular weight is 244 g/mol. The minimum atomic E-state index is 0.284. The summed E-state index contributed by atoms with van der Waals surface area (Å²) >= 11 is 4.83. The number of pyridine rings is 1. The van der Waals surface area contributed by atoms with E-state index in [2.05, 4.69) is 4.98 Å². The van der Waals surface area contributed by atoms with Crippen LogP contribution in [0, 0.1) is 6.92 Å². The molecule has 0 fully saturated rings. The van der Waals surface area contributed by atoms with Crippen molar-refractivity contribution in [2.75, 3.05) is 0 Å². The predicted molar refractivity (Wildman–Crippen MR) is 71.4 cm³/mol. The normalized spacial score (nSPS) is 9.94. The first-order valence-electron chi connectivity index (χ1n) is 5.15. The van der Waals surface area contributed by atoms with Gasteiger partial charge in [-0.25, -0.2) is 4.98 Å². The van der Waals surface area contributed by atoms with Crippen LogP contribution in [0.3, 0.4) is 0 Å². The maximum atomic E-state index is 5.65. The number of ether oxygens (including phenoxy) is 1. The van der Waals surface area contributed by atoms with Crippen molar-refractivity contribution in [1.82, 2.24) is 4.98 Å². The summed E-state index contributed by atoms with van der Waals surface area (Å²) in [5.74, 6) is 1.45. The highest BCUT2D eigenvalue weighted by Crippen LogP contribution is 2.21. The molecular formula is C13H12N2OS. The Morgan fingerprint density at radius 3 is 2.65 bits per heavy atom. The first-order valence-corrected chi connectivity index (χ1v) is 5.56. The van der Waals surface area contributed by atoms with Gasteiger partial charge in [-0.2, -0.15) is 0 Å². The van der Waals surface area contributed by atoms with Crippen LogP contribution >= 0.6 is 12.2 Å². The highest BCUT2D eigenvalue weighted by molar-refractivity contribution is 7.80. The molecule has 17 heavy (non-hydrogen) atoms. The molecule has 0 unspecified atom stereocenters. The molecule has 0 aliphatic heterocycles. The van der Waals surface area contributed by atoms with Gasteiger partial charge in [0.1, 0.15) is 16.5 Å². The molecule has 0 saturated carbocycles. The second kappa shape index (κ2) is 4.93. The number of nitrogens with two attached hydrogens (primary N) is 1. The van der Waals surface area contributed by atoms with Crippen LogP contribution in [0.5, 0.6) is 11.5 Å². The van der Waals surface area contributed by atoms with Gasteiger partial charge >= 0.3 is 0 Å². The third-order valence-electron chi connectivity index (χ3n) is 2.21. The van der Waals surface area contributed by atoms with E-state index in [0.717, 1.165) is 11.3 Å². The minimum absolute atomic E-state index is 0.284. The van der Waals surface area contributed by atoms with Crippen molar-refractivity contribution in [2.24, 2.45) is 5.73 Å². The van der Waals surface area contributed by atoms with Gasteiger partial charge in [0, 0.05) is 0 Å². The third kappa shape index (κ3) is 3.01. The first kappa shape index (κ1) is 11.5. The Bertz CT molecular complexity index is 537. The summed E-state index contributed by atoms with van der Waals surface area (Å²) in [6, 6.07) is 11.4. The van der Waals surface area contributed by atoms with Gasteiger partial charge < -0.3 is 10.5 Å². The summed E-state index contributed by atoms with van der Waals surface area (Å²) in [7, 11) is 0. The van der Waals surface area contributed by atoms with E-state index in [0.29, 0.717) is 11.4 Å². The number of benzene rings is 1. The number of aromatic nitrogens is 1. The lowest BCUT2D eigenvalue weighted by atomic mass is 10.2. The molecule has 2 rings (SSSR count). The molecule has 0 spiro atoms. The topological polar surface area (TPSA) is 48.1 Å². The Hall–Kier alpha value is -1.94. The number of nitrogens with zero attached hydrogens (tertiary/aromatic N) is 1. The van der Waals surface area contributed by atoms with Crippen molar-refractivity contribution >= 4 is 17.2 Å². The van der Waals surface area contributed by atoms with Crippen molar-refractivity contribution in [3.05, 3.63) is 53.9 Å². The number of hydrogen-bond donors (Lipinski definition) is 1. The first-order chi connectivity index (χ1) is 8.15. The molecular weight excluding hydrogens is 232 g/mol. The van der Waals surface area contributed by atoms with Crippen LogP contribution in [0.25, 0.3) is 0 Å². The van der Waals surface area contributed by atoms with Gasteiger partial charge in [0.15, 0.2) is 0 Å². The summed E-state index contributed by atoms with van der Waals surface area (Å²) < 4.78 is 5.65. The summed E-state index contributed by atoms with van der Waals surface area (Å²) in [6.45, 7) is 2.01. The molecule has 0 bridgehead atoms. The molecule has 0 radical (unpaired) electrons. The molecule has 1 heterocycles. The lowest BCUT2D eigenvalue weighted by molar-refractivity contribution is 0.480. The van der Waals surface area contributed by atoms with Crippen LogP contribution in [0.2, 0.25) is 0 Å². The maximum Gasteiger partial charge on any atom is 0.145 e. The Labute approximate surface area is 105 Å². The number of hydrogen-bond acceptors (Lipinski definition) is 3. The number of aryl methyl sites for hydroxylation is 1. The Morgan fingerprint density at radius 1 is 1.24 bits per heavy atom. The Balaban J connectivity index is 2.16. The average Bonchev–Trinajstić information content (AvgIpc) is 2.29. The largest absolute Gasteiger partial charge is 0.456 e. The fraction of sp³-hybridized carbons (Fsp3) is 0.0769. The molecule has 3 nitrogen and oxygen atoms in total. The molecule has 0 amide bonds. The van der Waals surface area contributed by atoms with E-state index in [1.54, 1.807) is 18.3 Å². The summed E-state index contributed by atoms with van der Waals surface area (Å²) in [6.07, 6.45) is 1.61. The van der Waals surface area contributed by atoms with Gasteiger partial charge in [0.2, 0.25) is 0 Å². The zero-order valence-electron chi connectivity index (χ0n) is 9.38. The molecule has 4 heteroatoms. The van der Waals surface area contributed by atoms with Gasteiger partial charge in [-0.1, -0.05) is 24.4 Å². The van der Waals surface area contributed by atoms with Crippen molar-refractivity contribution < 1.29 is 4.74 Å². The number of rotatable bonds is 3. The molecule has 2 N–H and O–H groups in total. The van der Waals surface area contributed by atoms with E-state index in [1.807, 2.05) is 31.2 Å². The molecule has 1 aromatic heterocycles. The molecule has 0 atom stereocenters. The van der Waals surface area contributed by atoms with Crippen LogP contribution < -0.4 is 10.5 Å². The van der Waals surface area contributed by atoms with E-state index in [-0.39, 0.29) is 4.99 Å². The Morgan fingerprint density at radius 2 is 2.06 bits per heavy atom. The molecule has 0 saturated heterocycles. The molecule has 2 aromatic rings. The standard InChI is InChI=1S/C13H12N2OS/c1-9-3-2-4-10(7-9)16-11-5-6-12(13(14)17)15-8-11/h2-8H,1H3,(H2,14,17). The van der Waals surface area contributed by atoms with E-state index >= 15 is 0 Å². The van der Waals surface area contributed by atoms with Crippen LogP contribution in [0.15, 0.2) is 42.6 Å². The molecule has 1 aromatic carbocycles. The Kier molecular flexibility index (Phi) is 3.35. The highest BCUT2D eigenvalue weighted by atomic mass is 32.1. The van der Waals surface area contributed by atoms with Crippen LogP contribution in [-0.2, 0) is 0 Å². The van der Waals surface area contributed by atoms with Crippen LogP contribution in [0.1, 0.15) is 11.3 Å². The van der Waals surface area contributed by atoms with Gasteiger partial charge in [0.05, 0.1) is 11.9 Å². The third-order valence-corrected chi connectivity index (χ3v) is 2.42. The molecule has 86 valence electrons.